The lowest BCUT2D eigenvalue weighted by atomic mass is 10.0. The summed E-state index contributed by atoms with van der Waals surface area (Å²) in [6.45, 7) is 4.98. The molecule has 0 radical (unpaired) electrons. The number of hydrogen-bond donors (Lipinski definition) is 1. The van der Waals surface area contributed by atoms with E-state index in [0.29, 0.717) is 42.8 Å². The van der Waals surface area contributed by atoms with Gasteiger partial charge in [0.1, 0.15) is 0 Å². The van der Waals surface area contributed by atoms with Crippen LogP contribution in [0.3, 0.4) is 0 Å². The van der Waals surface area contributed by atoms with E-state index in [2.05, 4.69) is 10.1 Å². The van der Waals surface area contributed by atoms with E-state index in [1.807, 2.05) is 13.8 Å². The predicted octanol–water partition coefficient (Wildman–Crippen LogP) is 1.05. The third-order valence-corrected chi connectivity index (χ3v) is 7.11. The maximum absolute atomic E-state index is 13.1. The van der Waals surface area contributed by atoms with Crippen molar-refractivity contribution in [1.29, 1.82) is 0 Å². The molecule has 4 rings (SSSR count). The third-order valence-electron chi connectivity index (χ3n) is 5.83. The summed E-state index contributed by atoms with van der Waals surface area (Å²) in [4.78, 5) is 31.8. The Bertz CT molecular complexity index is 1120. The molecule has 1 N–H and O–H groups in total. The van der Waals surface area contributed by atoms with E-state index in [1.165, 1.54) is 15.1 Å². The molecule has 10 heteroatoms. The maximum atomic E-state index is 13.1. The van der Waals surface area contributed by atoms with Gasteiger partial charge in [-0.3, -0.25) is 14.7 Å². The fourth-order valence-corrected chi connectivity index (χ4v) is 5.48. The van der Waals surface area contributed by atoms with Crippen molar-refractivity contribution in [2.24, 2.45) is 5.92 Å². The van der Waals surface area contributed by atoms with Gasteiger partial charge in [-0.25, -0.2) is 17.9 Å². The molecular weight excluding hydrogens is 394 g/mol. The number of amides is 1. The molecule has 29 heavy (non-hydrogen) atoms. The molecule has 2 aliphatic heterocycles. The van der Waals surface area contributed by atoms with Crippen molar-refractivity contribution in [3.63, 3.8) is 0 Å². The molecule has 0 bridgehead atoms. The zero-order chi connectivity index (χ0) is 20.9. The second kappa shape index (κ2) is 7.24. The molecule has 0 unspecified atom stereocenters. The van der Waals surface area contributed by atoms with Gasteiger partial charge in [0.25, 0.3) is 5.56 Å². The molecule has 0 spiro atoms. The van der Waals surface area contributed by atoms with E-state index >= 15 is 0 Å². The van der Waals surface area contributed by atoms with Crippen molar-refractivity contribution in [2.75, 3.05) is 19.3 Å². The predicted molar refractivity (Wildman–Crippen MR) is 108 cm³/mol. The van der Waals surface area contributed by atoms with Crippen LogP contribution in [0.4, 0.5) is 0 Å². The summed E-state index contributed by atoms with van der Waals surface area (Å²) in [6.07, 6.45) is 4.22. The van der Waals surface area contributed by atoms with Crippen LogP contribution in [0.1, 0.15) is 56.1 Å². The van der Waals surface area contributed by atoms with Crippen LogP contribution in [-0.4, -0.2) is 57.5 Å². The average Bonchev–Trinajstić information content (AvgIpc) is 3.11. The molecule has 2 aromatic heterocycles. The molecule has 9 nitrogen and oxygen atoms in total. The highest BCUT2D eigenvalue weighted by atomic mass is 32.2. The lowest BCUT2D eigenvalue weighted by molar-refractivity contribution is -0.135. The number of nitrogens with one attached hydrogen (secondary N) is 1. The maximum Gasteiger partial charge on any atom is 0.277 e. The summed E-state index contributed by atoms with van der Waals surface area (Å²) >= 11 is 0. The Morgan fingerprint density at radius 2 is 2.03 bits per heavy atom. The first-order valence-corrected chi connectivity index (χ1v) is 11.9. The van der Waals surface area contributed by atoms with Crippen LogP contribution >= 0.6 is 0 Å². The molecule has 0 saturated carbocycles. The fraction of sp³-hybridized carbons (Fsp3) is 0.632. The monoisotopic (exact) mass is 421 g/mol. The largest absolute Gasteiger partial charge is 0.337 e. The second-order valence-electron chi connectivity index (χ2n) is 8.30. The molecule has 1 saturated heterocycles. The van der Waals surface area contributed by atoms with Crippen LogP contribution in [0, 0.1) is 5.92 Å². The molecule has 4 heterocycles. The Balaban J connectivity index is 1.74. The number of rotatable bonds is 3. The Morgan fingerprint density at radius 3 is 2.72 bits per heavy atom. The van der Waals surface area contributed by atoms with Gasteiger partial charge < -0.3 is 4.90 Å². The van der Waals surface area contributed by atoms with Crippen LogP contribution in [0.25, 0.3) is 5.65 Å². The molecule has 0 aromatic carbocycles. The highest BCUT2D eigenvalue weighted by molar-refractivity contribution is 7.88. The van der Waals surface area contributed by atoms with E-state index in [-0.39, 0.29) is 30.0 Å². The van der Waals surface area contributed by atoms with Crippen LogP contribution in [-0.2, 0) is 27.8 Å². The lowest BCUT2D eigenvalue weighted by Crippen LogP contribution is -2.42. The van der Waals surface area contributed by atoms with E-state index < -0.39 is 10.0 Å². The fourth-order valence-electron chi connectivity index (χ4n) is 4.34. The summed E-state index contributed by atoms with van der Waals surface area (Å²) in [7, 11) is -3.35. The highest BCUT2D eigenvalue weighted by Gasteiger charge is 2.33. The minimum absolute atomic E-state index is 0.0262. The number of sulfonamides is 1. The second-order valence-corrected chi connectivity index (χ2v) is 10.2. The van der Waals surface area contributed by atoms with Gasteiger partial charge in [-0.05, 0) is 12.8 Å². The first-order chi connectivity index (χ1) is 13.7. The van der Waals surface area contributed by atoms with Crippen LogP contribution in [0.2, 0.25) is 0 Å². The number of aromatic amines is 1. The third kappa shape index (κ3) is 3.59. The molecule has 1 fully saturated rings. The Hall–Kier alpha value is -2.20. The molecule has 158 valence electrons. The first-order valence-electron chi connectivity index (χ1n) is 10.1. The standard InChI is InChI=1S/C19H27N5O4S/c1-12(2)18(25)22-9-7-14-13(11-22)19(26)24-17(20-14)10-15(21-24)16-6-4-5-8-23(16)29(3,27)28/h10,12,16,21H,4-9,11H2,1-3H3/t16-/m1/s1. The van der Waals surface area contributed by atoms with Crippen molar-refractivity contribution < 1.29 is 13.2 Å². The van der Waals surface area contributed by atoms with Gasteiger partial charge >= 0.3 is 0 Å². The molecule has 1 amide bonds. The topological polar surface area (TPSA) is 108 Å². The van der Waals surface area contributed by atoms with Gasteiger partial charge in [0.05, 0.1) is 35.8 Å². The van der Waals surface area contributed by atoms with Gasteiger partial charge in [0.2, 0.25) is 15.9 Å². The Labute approximate surface area is 169 Å². The number of fused-ring (bicyclic) bond motifs is 2. The van der Waals surface area contributed by atoms with E-state index in [1.54, 1.807) is 11.0 Å². The quantitative estimate of drug-likeness (QED) is 0.797. The van der Waals surface area contributed by atoms with E-state index in [9.17, 15) is 18.0 Å². The van der Waals surface area contributed by atoms with Crippen molar-refractivity contribution in [3.05, 3.63) is 33.4 Å². The zero-order valence-corrected chi connectivity index (χ0v) is 17.8. The van der Waals surface area contributed by atoms with Gasteiger partial charge in [0.15, 0.2) is 5.65 Å². The van der Waals surface area contributed by atoms with Crippen LogP contribution < -0.4 is 5.56 Å². The van der Waals surface area contributed by atoms with Crippen molar-refractivity contribution in [2.45, 2.75) is 52.1 Å². The highest BCUT2D eigenvalue weighted by Crippen LogP contribution is 2.32. The summed E-state index contributed by atoms with van der Waals surface area (Å²) in [5.41, 5.74) is 2.19. The summed E-state index contributed by atoms with van der Waals surface area (Å²) in [6, 6.07) is 1.46. The minimum atomic E-state index is -3.35. The SMILES string of the molecule is CC(C)C(=O)N1CCc2nc3cc([C@H]4CCCCN4S(C)(=O)=O)[nH]n3c(=O)c2C1. The summed E-state index contributed by atoms with van der Waals surface area (Å²) in [5, 5.41) is 3.08. The molecule has 2 aliphatic rings. The summed E-state index contributed by atoms with van der Waals surface area (Å²) < 4.78 is 27.3. The van der Waals surface area contributed by atoms with Crippen LogP contribution in [0.5, 0.6) is 0 Å². The van der Waals surface area contributed by atoms with Crippen molar-refractivity contribution in [1.82, 2.24) is 23.8 Å². The number of nitrogens with zero attached hydrogens (tertiary/aromatic N) is 4. The molecule has 0 aliphatic carbocycles. The molecular formula is C19H27N5O4S. The number of H-pyrrole nitrogens is 1. The normalized spacial score (nSPS) is 21.0. The number of piperidine rings is 1. The average molecular weight is 422 g/mol. The minimum Gasteiger partial charge on any atom is -0.337 e. The Kier molecular flexibility index (Phi) is 5.02. The lowest BCUT2D eigenvalue weighted by Gasteiger charge is -2.32. The smallest absolute Gasteiger partial charge is 0.277 e. The van der Waals surface area contributed by atoms with Gasteiger partial charge in [-0.15, -0.1) is 0 Å². The van der Waals surface area contributed by atoms with Gasteiger partial charge in [0, 0.05) is 31.5 Å². The number of hydrogen-bond acceptors (Lipinski definition) is 5. The van der Waals surface area contributed by atoms with Crippen molar-refractivity contribution in [3.8, 4) is 0 Å². The van der Waals surface area contributed by atoms with Crippen LogP contribution in [0.15, 0.2) is 10.9 Å². The first kappa shape index (κ1) is 20.1. The Morgan fingerprint density at radius 1 is 1.28 bits per heavy atom. The number of carbonyl (C=O) groups is 1. The molecule has 2 aromatic rings. The van der Waals surface area contributed by atoms with E-state index in [4.69, 9.17) is 0 Å². The van der Waals surface area contributed by atoms with Gasteiger partial charge in [-0.2, -0.15) is 4.31 Å². The summed E-state index contributed by atoms with van der Waals surface area (Å²) in [5.74, 6) is -0.0975. The number of carbonyl (C=O) groups excluding carboxylic acids is 1. The number of aromatic nitrogens is 3. The van der Waals surface area contributed by atoms with Crippen molar-refractivity contribution >= 4 is 21.6 Å². The molecule has 1 atom stereocenters. The van der Waals surface area contributed by atoms with Gasteiger partial charge in [-0.1, -0.05) is 20.3 Å². The van der Waals surface area contributed by atoms with E-state index in [0.717, 1.165) is 18.5 Å². The zero-order valence-electron chi connectivity index (χ0n) is 17.0.